The molecule has 2 aromatic carbocycles. The molecule has 2 aromatic rings. The zero-order chi connectivity index (χ0) is 14.9. The minimum Gasteiger partial charge on any atom is -0.396 e. The van der Waals surface area contributed by atoms with Gasteiger partial charge in [0.2, 0.25) is 0 Å². The van der Waals surface area contributed by atoms with Crippen molar-refractivity contribution >= 4 is 21.4 Å². The minimum atomic E-state index is -4.20. The van der Waals surface area contributed by atoms with Gasteiger partial charge >= 0.3 is 0 Å². The van der Waals surface area contributed by atoms with E-state index in [0.717, 1.165) is 24.3 Å². The van der Waals surface area contributed by atoms with Crippen LogP contribution < -0.4 is 10.5 Å². The van der Waals surface area contributed by atoms with Gasteiger partial charge < -0.3 is 5.73 Å². The molecular weight excluding hydrogens is 293 g/mol. The number of nitrogens with two attached hydrogens (primary N) is 1. The Labute approximate surface area is 113 Å². The van der Waals surface area contributed by atoms with E-state index in [0.29, 0.717) is 12.1 Å². The Balaban J connectivity index is 2.38. The van der Waals surface area contributed by atoms with E-state index in [1.165, 1.54) is 0 Å². The molecule has 0 saturated heterocycles. The quantitative estimate of drug-likeness (QED) is 0.856. The SMILES string of the molecule is Nc1ccc(S(=O)(=O)Nc2ccc(F)cc2F)cc1F. The normalized spacial score (nSPS) is 11.3. The Morgan fingerprint density at radius 2 is 1.65 bits per heavy atom. The maximum atomic E-state index is 13.4. The molecule has 0 amide bonds. The molecular formula is C12H9F3N2O2S. The maximum absolute atomic E-state index is 13.4. The highest BCUT2D eigenvalue weighted by Gasteiger charge is 2.18. The molecule has 4 nitrogen and oxygen atoms in total. The summed E-state index contributed by atoms with van der Waals surface area (Å²) in [6.07, 6.45) is 0. The Morgan fingerprint density at radius 3 is 2.25 bits per heavy atom. The molecule has 20 heavy (non-hydrogen) atoms. The number of halogens is 3. The van der Waals surface area contributed by atoms with E-state index in [-0.39, 0.29) is 5.69 Å². The molecule has 3 N–H and O–H groups in total. The predicted molar refractivity (Wildman–Crippen MR) is 68.0 cm³/mol. The third-order valence-electron chi connectivity index (χ3n) is 2.46. The summed E-state index contributed by atoms with van der Waals surface area (Å²) in [4.78, 5) is -0.423. The van der Waals surface area contributed by atoms with Crippen LogP contribution in [0.4, 0.5) is 24.5 Å². The fraction of sp³-hybridized carbons (Fsp3) is 0. The summed E-state index contributed by atoms with van der Waals surface area (Å²) >= 11 is 0. The Morgan fingerprint density at radius 1 is 0.950 bits per heavy atom. The van der Waals surface area contributed by atoms with Gasteiger partial charge in [0.25, 0.3) is 10.0 Å². The molecule has 0 spiro atoms. The molecule has 0 aliphatic carbocycles. The second kappa shape index (κ2) is 5.04. The molecule has 2 rings (SSSR count). The standard InChI is InChI=1S/C12H9F3N2O2S/c13-7-1-4-12(10(15)5-7)17-20(18,19)8-2-3-11(16)9(14)6-8/h1-6,17H,16H2. The largest absolute Gasteiger partial charge is 0.396 e. The monoisotopic (exact) mass is 302 g/mol. The van der Waals surface area contributed by atoms with Gasteiger partial charge in [-0.05, 0) is 30.3 Å². The zero-order valence-corrected chi connectivity index (χ0v) is 10.7. The van der Waals surface area contributed by atoms with Crippen LogP contribution in [0.25, 0.3) is 0 Å². The van der Waals surface area contributed by atoms with Crippen LogP contribution in [0.2, 0.25) is 0 Å². The second-order valence-electron chi connectivity index (χ2n) is 3.91. The molecule has 0 atom stereocenters. The molecule has 0 unspecified atom stereocenters. The molecule has 0 aromatic heterocycles. The summed E-state index contributed by atoms with van der Waals surface area (Å²) in [5.41, 5.74) is 4.58. The van der Waals surface area contributed by atoms with Crippen LogP contribution in [0.15, 0.2) is 41.3 Å². The molecule has 0 bridgehead atoms. The van der Waals surface area contributed by atoms with E-state index in [2.05, 4.69) is 0 Å². The van der Waals surface area contributed by atoms with Gasteiger partial charge in [-0.3, -0.25) is 4.72 Å². The molecule has 8 heteroatoms. The van der Waals surface area contributed by atoms with Crippen molar-refractivity contribution in [3.05, 3.63) is 53.8 Å². The fourth-order valence-electron chi connectivity index (χ4n) is 1.45. The Bertz CT molecular complexity index is 763. The highest BCUT2D eigenvalue weighted by atomic mass is 32.2. The third kappa shape index (κ3) is 2.85. The lowest BCUT2D eigenvalue weighted by Crippen LogP contribution is -2.14. The summed E-state index contributed by atoms with van der Waals surface area (Å²) in [5.74, 6) is -2.83. The zero-order valence-electron chi connectivity index (χ0n) is 9.90. The minimum absolute atomic E-state index is 0.211. The second-order valence-corrected chi connectivity index (χ2v) is 5.60. The molecule has 0 fully saturated rings. The van der Waals surface area contributed by atoms with Crippen molar-refractivity contribution in [1.29, 1.82) is 0 Å². The highest BCUT2D eigenvalue weighted by Crippen LogP contribution is 2.21. The van der Waals surface area contributed by atoms with Gasteiger partial charge in [0, 0.05) is 6.07 Å². The number of sulfonamides is 1. The van der Waals surface area contributed by atoms with Crippen LogP contribution >= 0.6 is 0 Å². The Hall–Kier alpha value is -2.22. The van der Waals surface area contributed by atoms with E-state index < -0.39 is 38.1 Å². The topological polar surface area (TPSA) is 72.2 Å². The average Bonchev–Trinajstić information content (AvgIpc) is 2.36. The smallest absolute Gasteiger partial charge is 0.262 e. The number of anilines is 2. The summed E-state index contributed by atoms with van der Waals surface area (Å²) in [6.45, 7) is 0. The van der Waals surface area contributed by atoms with E-state index in [4.69, 9.17) is 5.73 Å². The average molecular weight is 302 g/mol. The van der Waals surface area contributed by atoms with E-state index in [9.17, 15) is 21.6 Å². The van der Waals surface area contributed by atoms with Gasteiger partial charge in [0.15, 0.2) is 0 Å². The molecule has 0 heterocycles. The van der Waals surface area contributed by atoms with Crippen LogP contribution in [0.1, 0.15) is 0 Å². The molecule has 106 valence electrons. The van der Waals surface area contributed by atoms with E-state index in [1.54, 1.807) is 0 Å². The molecule has 0 aliphatic rings. The van der Waals surface area contributed by atoms with Crippen molar-refractivity contribution in [2.24, 2.45) is 0 Å². The lowest BCUT2D eigenvalue weighted by molar-refractivity contribution is 0.582. The first kappa shape index (κ1) is 14.2. The van der Waals surface area contributed by atoms with Crippen LogP contribution in [0.5, 0.6) is 0 Å². The summed E-state index contributed by atoms with van der Waals surface area (Å²) in [7, 11) is -4.20. The van der Waals surface area contributed by atoms with Crippen molar-refractivity contribution in [1.82, 2.24) is 0 Å². The van der Waals surface area contributed by atoms with Gasteiger partial charge in [-0.2, -0.15) is 0 Å². The van der Waals surface area contributed by atoms with Crippen LogP contribution in [-0.4, -0.2) is 8.42 Å². The van der Waals surface area contributed by atoms with Crippen molar-refractivity contribution in [2.45, 2.75) is 4.90 Å². The van der Waals surface area contributed by atoms with E-state index >= 15 is 0 Å². The Kier molecular flexibility index (Phi) is 3.58. The van der Waals surface area contributed by atoms with Crippen LogP contribution in [0.3, 0.4) is 0 Å². The predicted octanol–water partition coefficient (Wildman–Crippen LogP) is 2.49. The first-order valence-corrected chi connectivity index (χ1v) is 6.81. The number of nitrogens with one attached hydrogen (secondary N) is 1. The first-order valence-electron chi connectivity index (χ1n) is 5.32. The number of nitrogen functional groups attached to an aromatic ring is 1. The summed E-state index contributed by atoms with van der Waals surface area (Å²) in [6, 6.07) is 5.20. The highest BCUT2D eigenvalue weighted by molar-refractivity contribution is 7.92. The van der Waals surface area contributed by atoms with Gasteiger partial charge in [-0.1, -0.05) is 0 Å². The van der Waals surface area contributed by atoms with Gasteiger partial charge in [-0.25, -0.2) is 21.6 Å². The number of benzene rings is 2. The van der Waals surface area contributed by atoms with Crippen molar-refractivity contribution < 1.29 is 21.6 Å². The van der Waals surface area contributed by atoms with Crippen molar-refractivity contribution in [2.75, 3.05) is 10.5 Å². The number of rotatable bonds is 3. The fourth-order valence-corrected chi connectivity index (χ4v) is 2.53. The first-order chi connectivity index (χ1) is 9.29. The number of hydrogen-bond acceptors (Lipinski definition) is 3. The van der Waals surface area contributed by atoms with Crippen molar-refractivity contribution in [3.63, 3.8) is 0 Å². The van der Waals surface area contributed by atoms with Crippen LogP contribution in [-0.2, 0) is 10.0 Å². The van der Waals surface area contributed by atoms with Crippen molar-refractivity contribution in [3.8, 4) is 0 Å². The summed E-state index contributed by atoms with van der Waals surface area (Å²) < 4.78 is 65.1. The van der Waals surface area contributed by atoms with Crippen LogP contribution in [0, 0.1) is 17.5 Å². The van der Waals surface area contributed by atoms with Gasteiger partial charge in [0.05, 0.1) is 16.3 Å². The van der Waals surface area contributed by atoms with E-state index in [1.807, 2.05) is 4.72 Å². The lowest BCUT2D eigenvalue weighted by Gasteiger charge is -2.09. The van der Waals surface area contributed by atoms with Gasteiger partial charge in [-0.15, -0.1) is 0 Å². The van der Waals surface area contributed by atoms with Gasteiger partial charge in [0.1, 0.15) is 17.5 Å². The molecule has 0 radical (unpaired) electrons. The third-order valence-corrected chi connectivity index (χ3v) is 3.82. The molecule has 0 aliphatic heterocycles. The number of hydrogen-bond donors (Lipinski definition) is 2. The summed E-state index contributed by atoms with van der Waals surface area (Å²) in [5, 5.41) is 0. The lowest BCUT2D eigenvalue weighted by atomic mass is 10.3. The maximum Gasteiger partial charge on any atom is 0.262 e. The molecule has 0 saturated carbocycles.